The van der Waals surface area contributed by atoms with Gasteiger partial charge in [0.05, 0.1) is 24.4 Å². The SMILES string of the molecule is COc1ccccc1NC(=O)C1=C(C)NC(=S)N[C@@H]1c1ccc(F)cc1. The van der Waals surface area contributed by atoms with Crippen LogP contribution >= 0.6 is 12.2 Å². The number of para-hydroxylation sites is 2. The number of hydrogen-bond donors (Lipinski definition) is 3. The molecule has 1 amide bonds. The summed E-state index contributed by atoms with van der Waals surface area (Å²) in [6, 6.07) is 12.6. The highest BCUT2D eigenvalue weighted by atomic mass is 32.1. The predicted molar refractivity (Wildman–Crippen MR) is 102 cm³/mol. The highest BCUT2D eigenvalue weighted by Crippen LogP contribution is 2.30. The number of thiocarbonyl (C=S) groups is 1. The summed E-state index contributed by atoms with van der Waals surface area (Å²) in [5, 5.41) is 9.32. The third-order valence-electron chi connectivity index (χ3n) is 4.07. The second kappa shape index (κ2) is 7.53. The number of allylic oxidation sites excluding steroid dienone is 1. The van der Waals surface area contributed by atoms with Crippen LogP contribution in [-0.4, -0.2) is 18.1 Å². The molecule has 26 heavy (non-hydrogen) atoms. The molecule has 7 heteroatoms. The van der Waals surface area contributed by atoms with E-state index in [2.05, 4.69) is 16.0 Å². The van der Waals surface area contributed by atoms with Crippen LogP contribution in [0, 0.1) is 5.82 Å². The smallest absolute Gasteiger partial charge is 0.255 e. The first-order valence-electron chi connectivity index (χ1n) is 7.97. The van der Waals surface area contributed by atoms with Gasteiger partial charge in [-0.3, -0.25) is 4.79 Å². The second-order valence-corrected chi connectivity index (χ2v) is 6.18. The number of nitrogens with one attached hydrogen (secondary N) is 3. The van der Waals surface area contributed by atoms with Gasteiger partial charge in [0.2, 0.25) is 0 Å². The number of carbonyl (C=O) groups excluding carboxylic acids is 1. The average Bonchev–Trinajstić information content (AvgIpc) is 2.62. The number of hydrogen-bond acceptors (Lipinski definition) is 3. The van der Waals surface area contributed by atoms with E-state index in [-0.39, 0.29) is 11.7 Å². The highest BCUT2D eigenvalue weighted by molar-refractivity contribution is 7.80. The fraction of sp³-hybridized carbons (Fsp3) is 0.158. The minimum Gasteiger partial charge on any atom is -0.495 e. The summed E-state index contributed by atoms with van der Waals surface area (Å²) < 4.78 is 18.5. The van der Waals surface area contributed by atoms with Gasteiger partial charge in [-0.2, -0.15) is 0 Å². The number of methoxy groups -OCH3 is 1. The molecule has 0 radical (unpaired) electrons. The average molecular weight is 371 g/mol. The minimum atomic E-state index is -0.487. The van der Waals surface area contributed by atoms with Gasteiger partial charge in [0.15, 0.2) is 5.11 Å². The van der Waals surface area contributed by atoms with Crippen molar-refractivity contribution in [1.29, 1.82) is 0 Å². The third kappa shape index (κ3) is 3.67. The van der Waals surface area contributed by atoms with Crippen molar-refractivity contribution in [1.82, 2.24) is 10.6 Å². The molecule has 3 rings (SSSR count). The molecule has 5 nitrogen and oxygen atoms in total. The predicted octanol–water partition coefficient (Wildman–Crippen LogP) is 3.27. The number of benzene rings is 2. The van der Waals surface area contributed by atoms with Gasteiger partial charge in [-0.1, -0.05) is 24.3 Å². The van der Waals surface area contributed by atoms with Crippen LogP contribution in [-0.2, 0) is 4.79 Å². The zero-order valence-electron chi connectivity index (χ0n) is 14.3. The first-order chi connectivity index (χ1) is 12.5. The lowest BCUT2D eigenvalue weighted by Crippen LogP contribution is -2.45. The maximum atomic E-state index is 13.3. The summed E-state index contributed by atoms with van der Waals surface area (Å²) in [6.07, 6.45) is 0. The Morgan fingerprint density at radius 3 is 2.58 bits per heavy atom. The molecule has 134 valence electrons. The Bertz CT molecular complexity index is 881. The van der Waals surface area contributed by atoms with Gasteiger partial charge >= 0.3 is 0 Å². The second-order valence-electron chi connectivity index (χ2n) is 5.78. The molecule has 0 aromatic heterocycles. The Morgan fingerprint density at radius 2 is 1.88 bits per heavy atom. The van der Waals surface area contributed by atoms with Crippen LogP contribution in [0.5, 0.6) is 5.75 Å². The number of anilines is 1. The summed E-state index contributed by atoms with van der Waals surface area (Å²) in [4.78, 5) is 13.0. The standard InChI is InChI=1S/C19H18FN3O2S/c1-11-16(18(24)22-14-5-3-4-6-15(14)25-2)17(23-19(26)21-11)12-7-9-13(20)10-8-12/h3-10,17H,1-2H3,(H,22,24)(H2,21,23,26)/t17-/m1/s1. The van der Waals surface area contributed by atoms with Gasteiger partial charge in [-0.15, -0.1) is 0 Å². The summed E-state index contributed by atoms with van der Waals surface area (Å²) in [7, 11) is 1.54. The Hall–Kier alpha value is -2.93. The van der Waals surface area contributed by atoms with Crippen molar-refractivity contribution in [2.75, 3.05) is 12.4 Å². The lowest BCUT2D eigenvalue weighted by molar-refractivity contribution is -0.113. The molecule has 0 bridgehead atoms. The van der Waals surface area contributed by atoms with Gasteiger partial charge in [-0.05, 0) is 49.0 Å². The van der Waals surface area contributed by atoms with Crippen molar-refractivity contribution in [3.63, 3.8) is 0 Å². The highest BCUT2D eigenvalue weighted by Gasteiger charge is 2.30. The largest absolute Gasteiger partial charge is 0.495 e. The zero-order chi connectivity index (χ0) is 18.7. The first kappa shape index (κ1) is 17.9. The van der Waals surface area contributed by atoms with Crippen LogP contribution in [0.15, 0.2) is 59.8 Å². The van der Waals surface area contributed by atoms with E-state index >= 15 is 0 Å². The van der Waals surface area contributed by atoms with E-state index in [4.69, 9.17) is 17.0 Å². The van der Waals surface area contributed by atoms with Crippen LogP contribution in [0.4, 0.5) is 10.1 Å². The van der Waals surface area contributed by atoms with Gasteiger partial charge in [0.1, 0.15) is 11.6 Å². The Balaban J connectivity index is 1.95. The number of ether oxygens (including phenoxy) is 1. The van der Waals surface area contributed by atoms with E-state index in [1.165, 1.54) is 12.1 Å². The molecule has 0 saturated carbocycles. The molecule has 0 fully saturated rings. The maximum absolute atomic E-state index is 13.3. The van der Waals surface area contributed by atoms with Crippen molar-refractivity contribution in [3.05, 3.63) is 71.2 Å². The molecule has 3 N–H and O–H groups in total. The molecule has 1 aliphatic rings. The van der Waals surface area contributed by atoms with Crippen LogP contribution in [0.3, 0.4) is 0 Å². The van der Waals surface area contributed by atoms with E-state index in [0.717, 1.165) is 5.56 Å². The number of halogens is 1. The van der Waals surface area contributed by atoms with E-state index in [1.54, 1.807) is 38.3 Å². The van der Waals surface area contributed by atoms with Crippen LogP contribution in [0.25, 0.3) is 0 Å². The molecule has 0 aliphatic carbocycles. The molecule has 2 aromatic carbocycles. The topological polar surface area (TPSA) is 62.4 Å². The van der Waals surface area contributed by atoms with E-state index in [0.29, 0.717) is 27.8 Å². The third-order valence-corrected chi connectivity index (χ3v) is 4.29. The summed E-state index contributed by atoms with van der Waals surface area (Å²) in [6.45, 7) is 1.78. The van der Waals surface area contributed by atoms with Crippen molar-refractivity contribution in [2.45, 2.75) is 13.0 Å². The fourth-order valence-corrected chi connectivity index (χ4v) is 3.11. The summed E-state index contributed by atoms with van der Waals surface area (Å²) >= 11 is 5.21. The van der Waals surface area contributed by atoms with Crippen LogP contribution in [0.2, 0.25) is 0 Å². The molecule has 1 atom stereocenters. The Morgan fingerprint density at radius 1 is 1.19 bits per heavy atom. The fourth-order valence-electron chi connectivity index (χ4n) is 2.84. The quantitative estimate of drug-likeness (QED) is 0.720. The summed E-state index contributed by atoms with van der Waals surface area (Å²) in [5.74, 6) is -0.0838. The van der Waals surface area contributed by atoms with Gasteiger partial charge in [-0.25, -0.2) is 4.39 Å². The van der Waals surface area contributed by atoms with Crippen LogP contribution < -0.4 is 20.7 Å². The molecular formula is C19H18FN3O2S. The zero-order valence-corrected chi connectivity index (χ0v) is 15.1. The Labute approximate surface area is 156 Å². The monoisotopic (exact) mass is 371 g/mol. The first-order valence-corrected chi connectivity index (χ1v) is 8.38. The Kier molecular flexibility index (Phi) is 5.18. The lowest BCUT2D eigenvalue weighted by atomic mass is 9.95. The van der Waals surface area contributed by atoms with Crippen LogP contribution in [0.1, 0.15) is 18.5 Å². The van der Waals surface area contributed by atoms with E-state index in [1.807, 2.05) is 12.1 Å². The lowest BCUT2D eigenvalue weighted by Gasteiger charge is -2.30. The number of rotatable bonds is 4. The molecule has 2 aromatic rings. The maximum Gasteiger partial charge on any atom is 0.255 e. The molecular weight excluding hydrogens is 353 g/mol. The number of amides is 1. The van der Waals surface area contributed by atoms with Gasteiger partial charge in [0, 0.05) is 5.70 Å². The normalized spacial score (nSPS) is 16.6. The molecule has 0 spiro atoms. The van der Waals surface area contributed by atoms with Crippen molar-refractivity contribution in [2.24, 2.45) is 0 Å². The van der Waals surface area contributed by atoms with Crippen molar-refractivity contribution >= 4 is 28.9 Å². The minimum absolute atomic E-state index is 0.302. The molecule has 0 unspecified atom stereocenters. The number of carbonyl (C=O) groups is 1. The molecule has 0 saturated heterocycles. The van der Waals surface area contributed by atoms with Gasteiger partial charge in [0.25, 0.3) is 5.91 Å². The van der Waals surface area contributed by atoms with E-state index < -0.39 is 6.04 Å². The summed E-state index contributed by atoms with van der Waals surface area (Å²) in [5.41, 5.74) is 2.40. The molecule has 1 heterocycles. The molecule has 1 aliphatic heterocycles. The van der Waals surface area contributed by atoms with Crippen molar-refractivity contribution < 1.29 is 13.9 Å². The van der Waals surface area contributed by atoms with Gasteiger partial charge < -0.3 is 20.7 Å². The van der Waals surface area contributed by atoms with Crippen molar-refractivity contribution in [3.8, 4) is 5.75 Å². The van der Waals surface area contributed by atoms with E-state index in [9.17, 15) is 9.18 Å².